The molecule has 90 valence electrons. The number of rotatable bonds is 2. The van der Waals surface area contributed by atoms with Crippen LogP contribution in [0.3, 0.4) is 0 Å². The summed E-state index contributed by atoms with van der Waals surface area (Å²) in [6.07, 6.45) is 2.52. The van der Waals surface area contributed by atoms with Crippen molar-refractivity contribution in [3.8, 4) is 11.3 Å². The molecule has 0 aliphatic carbocycles. The highest BCUT2D eigenvalue weighted by Crippen LogP contribution is 2.28. The van der Waals surface area contributed by atoms with E-state index in [9.17, 15) is 9.18 Å². The summed E-state index contributed by atoms with van der Waals surface area (Å²) in [5.41, 5.74) is 1.84. The highest BCUT2D eigenvalue weighted by Gasteiger charge is 2.16. The van der Waals surface area contributed by atoms with E-state index in [1.54, 1.807) is 12.1 Å². The molecule has 0 amide bonds. The van der Waals surface area contributed by atoms with Crippen molar-refractivity contribution in [2.24, 2.45) is 0 Å². The number of nitrogens with one attached hydrogen (secondary N) is 1. The van der Waals surface area contributed by atoms with Crippen LogP contribution in [0.4, 0.5) is 4.39 Å². The zero-order chi connectivity index (χ0) is 12.7. The lowest BCUT2D eigenvalue weighted by atomic mass is 10.1. The van der Waals surface area contributed by atoms with Gasteiger partial charge < -0.3 is 14.5 Å². The number of halogens is 1. The first-order valence-corrected chi connectivity index (χ1v) is 5.23. The van der Waals surface area contributed by atoms with Crippen LogP contribution in [0.1, 0.15) is 10.4 Å². The lowest BCUT2D eigenvalue weighted by Crippen LogP contribution is -1.95. The van der Waals surface area contributed by atoms with Crippen LogP contribution in [0.5, 0.6) is 0 Å². The number of hydrogen-bond acceptors (Lipinski definition) is 2. The molecular weight excluding hydrogens is 237 g/mol. The van der Waals surface area contributed by atoms with E-state index in [1.807, 2.05) is 0 Å². The largest absolute Gasteiger partial charge is 0.478 e. The smallest absolute Gasteiger partial charge is 0.339 e. The van der Waals surface area contributed by atoms with Crippen molar-refractivity contribution in [2.75, 3.05) is 0 Å². The number of furan rings is 1. The number of hydrogen-bond donors (Lipinski definition) is 2. The summed E-state index contributed by atoms with van der Waals surface area (Å²) in [5, 5.41) is 9.68. The third-order valence-electron chi connectivity index (χ3n) is 2.77. The molecule has 0 radical (unpaired) electrons. The van der Waals surface area contributed by atoms with Crippen molar-refractivity contribution >= 4 is 16.9 Å². The van der Waals surface area contributed by atoms with Gasteiger partial charge in [-0.2, -0.15) is 0 Å². The van der Waals surface area contributed by atoms with E-state index in [2.05, 4.69) is 4.98 Å². The van der Waals surface area contributed by atoms with Crippen LogP contribution in [0.2, 0.25) is 0 Å². The normalized spacial score (nSPS) is 10.9. The Labute approximate surface area is 101 Å². The summed E-state index contributed by atoms with van der Waals surface area (Å²) in [6, 6.07) is 6.02. The minimum Gasteiger partial charge on any atom is -0.478 e. The molecule has 0 saturated heterocycles. The molecule has 0 bridgehead atoms. The first kappa shape index (κ1) is 10.6. The van der Waals surface area contributed by atoms with Gasteiger partial charge in [0.15, 0.2) is 0 Å². The molecule has 0 aliphatic rings. The number of carboxylic acid groups (broad SMARTS) is 1. The second kappa shape index (κ2) is 3.73. The maximum absolute atomic E-state index is 13.1. The van der Waals surface area contributed by atoms with Crippen molar-refractivity contribution in [1.82, 2.24) is 4.98 Å². The Bertz CT molecular complexity index is 742. The Morgan fingerprint density at radius 2 is 2.11 bits per heavy atom. The average Bonchev–Trinajstić information content (AvgIpc) is 2.93. The number of fused-ring (bicyclic) bond motifs is 1. The van der Waals surface area contributed by atoms with E-state index in [1.165, 1.54) is 24.7 Å². The van der Waals surface area contributed by atoms with Crippen LogP contribution in [-0.4, -0.2) is 16.1 Å². The Hall–Kier alpha value is -2.56. The van der Waals surface area contributed by atoms with Crippen molar-refractivity contribution in [3.63, 3.8) is 0 Å². The average molecular weight is 245 g/mol. The Morgan fingerprint density at radius 3 is 2.89 bits per heavy atom. The maximum Gasteiger partial charge on any atom is 0.339 e. The van der Waals surface area contributed by atoms with Crippen LogP contribution in [-0.2, 0) is 0 Å². The molecule has 5 heteroatoms. The molecule has 4 nitrogen and oxygen atoms in total. The predicted octanol–water partition coefficient (Wildman–Crippen LogP) is 3.27. The summed E-state index contributed by atoms with van der Waals surface area (Å²) in [4.78, 5) is 14.0. The van der Waals surface area contributed by atoms with Gasteiger partial charge in [-0.3, -0.25) is 0 Å². The lowest BCUT2D eigenvalue weighted by molar-refractivity contribution is 0.0697. The third-order valence-corrected chi connectivity index (χ3v) is 2.77. The number of carboxylic acids is 1. The van der Waals surface area contributed by atoms with Crippen LogP contribution < -0.4 is 0 Å². The summed E-state index contributed by atoms with van der Waals surface area (Å²) >= 11 is 0. The summed E-state index contributed by atoms with van der Waals surface area (Å²) in [7, 11) is 0. The first-order chi connectivity index (χ1) is 8.65. The summed E-state index contributed by atoms with van der Waals surface area (Å²) < 4.78 is 18.0. The lowest BCUT2D eigenvalue weighted by Gasteiger charge is -1.94. The maximum atomic E-state index is 13.1. The number of aromatic amines is 1. The van der Waals surface area contributed by atoms with Crippen molar-refractivity contribution in [3.05, 3.63) is 48.2 Å². The standard InChI is InChI=1S/C13H8FNO3/c14-8-1-2-11-7(3-8)4-12(15-11)9-5-18-6-10(9)13(16)17/h1-6,15H,(H,16,17). The van der Waals surface area contributed by atoms with E-state index >= 15 is 0 Å². The van der Waals surface area contributed by atoms with E-state index in [4.69, 9.17) is 9.52 Å². The first-order valence-electron chi connectivity index (χ1n) is 5.23. The van der Waals surface area contributed by atoms with Crippen molar-refractivity contribution < 1.29 is 18.7 Å². The van der Waals surface area contributed by atoms with Gasteiger partial charge in [0.1, 0.15) is 23.9 Å². The Kier molecular flexibility index (Phi) is 2.19. The fourth-order valence-electron chi connectivity index (χ4n) is 1.92. The molecule has 0 fully saturated rings. The topological polar surface area (TPSA) is 66.2 Å². The van der Waals surface area contributed by atoms with E-state index in [0.717, 1.165) is 5.52 Å². The zero-order valence-electron chi connectivity index (χ0n) is 9.11. The van der Waals surface area contributed by atoms with Crippen molar-refractivity contribution in [2.45, 2.75) is 0 Å². The molecule has 0 spiro atoms. The van der Waals surface area contributed by atoms with E-state index < -0.39 is 5.97 Å². The molecule has 0 saturated carbocycles. The zero-order valence-corrected chi connectivity index (χ0v) is 9.11. The highest BCUT2D eigenvalue weighted by atomic mass is 19.1. The van der Waals surface area contributed by atoms with Crippen molar-refractivity contribution in [1.29, 1.82) is 0 Å². The van der Waals surface area contributed by atoms with Gasteiger partial charge in [-0.15, -0.1) is 0 Å². The van der Waals surface area contributed by atoms with Crippen LogP contribution in [0.25, 0.3) is 22.2 Å². The van der Waals surface area contributed by atoms with Crippen LogP contribution in [0.15, 0.2) is 41.2 Å². The SMILES string of the molecule is O=C(O)c1cocc1-c1cc2cc(F)ccc2[nH]1. The number of H-pyrrole nitrogens is 1. The Balaban J connectivity index is 2.19. The van der Waals surface area contributed by atoms with Gasteiger partial charge in [-0.25, -0.2) is 9.18 Å². The molecular formula is C13H8FNO3. The van der Waals surface area contributed by atoms with E-state index in [-0.39, 0.29) is 11.4 Å². The van der Waals surface area contributed by atoms with Crippen LogP contribution in [0, 0.1) is 5.82 Å². The second-order valence-electron chi connectivity index (χ2n) is 3.92. The molecule has 0 atom stereocenters. The monoisotopic (exact) mass is 245 g/mol. The predicted molar refractivity (Wildman–Crippen MR) is 62.9 cm³/mol. The number of benzene rings is 1. The molecule has 1 aromatic carbocycles. The second-order valence-corrected chi connectivity index (χ2v) is 3.92. The number of aromatic carboxylic acids is 1. The van der Waals surface area contributed by atoms with Gasteiger partial charge in [0.2, 0.25) is 0 Å². The molecule has 2 N–H and O–H groups in total. The molecule has 0 aliphatic heterocycles. The Morgan fingerprint density at radius 1 is 1.28 bits per heavy atom. The van der Waals surface area contributed by atoms with Gasteiger partial charge in [-0.05, 0) is 24.3 Å². The molecule has 0 unspecified atom stereocenters. The quantitative estimate of drug-likeness (QED) is 0.728. The van der Waals surface area contributed by atoms with Gasteiger partial charge in [-0.1, -0.05) is 0 Å². The number of carbonyl (C=O) groups is 1. The van der Waals surface area contributed by atoms with Crippen LogP contribution >= 0.6 is 0 Å². The van der Waals surface area contributed by atoms with Gasteiger partial charge in [0.05, 0.1) is 11.3 Å². The fraction of sp³-hybridized carbons (Fsp3) is 0. The molecule has 18 heavy (non-hydrogen) atoms. The number of aromatic nitrogens is 1. The van der Waals surface area contributed by atoms with E-state index in [0.29, 0.717) is 16.6 Å². The summed E-state index contributed by atoms with van der Waals surface area (Å²) in [6.45, 7) is 0. The molecule has 3 aromatic rings. The molecule has 3 rings (SSSR count). The fourth-order valence-corrected chi connectivity index (χ4v) is 1.92. The minimum absolute atomic E-state index is 0.0713. The third kappa shape index (κ3) is 1.57. The highest BCUT2D eigenvalue weighted by molar-refractivity contribution is 5.97. The van der Waals surface area contributed by atoms with Gasteiger partial charge >= 0.3 is 5.97 Å². The minimum atomic E-state index is -1.07. The van der Waals surface area contributed by atoms with Gasteiger partial charge in [0.25, 0.3) is 0 Å². The molecule has 2 aromatic heterocycles. The summed E-state index contributed by atoms with van der Waals surface area (Å²) in [5.74, 6) is -1.40. The molecule has 2 heterocycles. The van der Waals surface area contributed by atoms with Gasteiger partial charge in [0, 0.05) is 10.9 Å².